The van der Waals surface area contributed by atoms with Gasteiger partial charge in [0.1, 0.15) is 11.8 Å². The van der Waals surface area contributed by atoms with E-state index >= 15 is 0 Å². The Morgan fingerprint density at radius 3 is 2.68 bits per heavy atom. The largest absolute Gasteiger partial charge is 0.461 e. The lowest BCUT2D eigenvalue weighted by molar-refractivity contribution is 0.0477. The van der Waals surface area contributed by atoms with Crippen LogP contribution in [0, 0.1) is 11.3 Å². The van der Waals surface area contributed by atoms with E-state index in [4.69, 9.17) is 10.00 Å². The highest BCUT2D eigenvalue weighted by atomic mass is 16.5. The van der Waals surface area contributed by atoms with Crippen LogP contribution in [0.25, 0.3) is 11.3 Å². The minimum atomic E-state index is -0.663. The van der Waals surface area contributed by atoms with Crippen molar-refractivity contribution in [3.63, 3.8) is 0 Å². The number of esters is 1. The highest BCUT2D eigenvalue weighted by molar-refractivity contribution is 5.90. The van der Waals surface area contributed by atoms with Crippen LogP contribution in [0.2, 0.25) is 0 Å². The summed E-state index contributed by atoms with van der Waals surface area (Å²) in [6.07, 6.45) is 0. The van der Waals surface area contributed by atoms with Gasteiger partial charge in [-0.3, -0.25) is 0 Å². The Morgan fingerprint density at radius 2 is 2.11 bits per heavy atom. The Labute approximate surface area is 110 Å². The van der Waals surface area contributed by atoms with E-state index in [1.54, 1.807) is 31.2 Å². The van der Waals surface area contributed by atoms with Crippen LogP contribution in [0.15, 0.2) is 36.4 Å². The van der Waals surface area contributed by atoms with Crippen LogP contribution in [0.1, 0.15) is 23.0 Å². The Balaban J connectivity index is 2.57. The summed E-state index contributed by atoms with van der Waals surface area (Å²) in [5, 5.41) is 19.2. The van der Waals surface area contributed by atoms with Crippen LogP contribution < -0.4 is 0 Å². The lowest BCUT2D eigenvalue weighted by Crippen LogP contribution is -2.10. The number of nitriles is 1. The number of hydrogen-bond donors (Lipinski definition) is 1. The van der Waals surface area contributed by atoms with Gasteiger partial charge in [-0.15, -0.1) is 0 Å². The Morgan fingerprint density at radius 1 is 1.42 bits per heavy atom. The molecule has 0 spiro atoms. The summed E-state index contributed by atoms with van der Waals surface area (Å²) in [6, 6.07) is 12.2. The number of nitrogens with zero attached hydrogens (tertiary/aromatic N) is 2. The summed E-state index contributed by atoms with van der Waals surface area (Å²) in [5.41, 5.74) is 1.09. The van der Waals surface area contributed by atoms with Crippen molar-refractivity contribution in [3.8, 4) is 17.3 Å². The van der Waals surface area contributed by atoms with E-state index < -0.39 is 5.97 Å². The molecule has 0 amide bonds. The van der Waals surface area contributed by atoms with Crippen molar-refractivity contribution in [2.45, 2.75) is 6.92 Å². The molecule has 0 aliphatic carbocycles. The van der Waals surface area contributed by atoms with Crippen molar-refractivity contribution < 1.29 is 14.7 Å². The van der Waals surface area contributed by atoms with E-state index in [0.29, 0.717) is 10.3 Å². The molecule has 1 aromatic carbocycles. The number of rotatable bonds is 3. The van der Waals surface area contributed by atoms with Crippen LogP contribution in [0.5, 0.6) is 0 Å². The third-order valence-electron chi connectivity index (χ3n) is 2.63. The monoisotopic (exact) mass is 256 g/mol. The number of ether oxygens (including phenoxy) is 1. The number of benzene rings is 1. The summed E-state index contributed by atoms with van der Waals surface area (Å²) in [6.45, 7) is 1.87. The van der Waals surface area contributed by atoms with Crippen LogP contribution in [-0.2, 0) is 4.74 Å². The van der Waals surface area contributed by atoms with Crippen LogP contribution in [0.4, 0.5) is 0 Å². The average molecular weight is 256 g/mol. The predicted octanol–water partition coefficient (Wildman–Crippen LogP) is 2.44. The molecule has 0 fully saturated rings. The zero-order valence-corrected chi connectivity index (χ0v) is 10.3. The second-order valence-electron chi connectivity index (χ2n) is 3.80. The zero-order valence-electron chi connectivity index (χ0n) is 10.3. The first kappa shape index (κ1) is 12.7. The molecule has 5 nitrogen and oxygen atoms in total. The molecule has 2 rings (SSSR count). The maximum atomic E-state index is 11.7. The molecule has 0 unspecified atom stereocenters. The van der Waals surface area contributed by atoms with Gasteiger partial charge >= 0.3 is 5.97 Å². The van der Waals surface area contributed by atoms with E-state index in [1.165, 1.54) is 6.07 Å². The minimum absolute atomic E-state index is 0.0581. The van der Waals surface area contributed by atoms with Gasteiger partial charge in [0.25, 0.3) is 0 Å². The average Bonchev–Trinajstić information content (AvgIpc) is 2.77. The standard InChI is InChI=1S/C14H12N2O3/c1-2-19-14(17)12-8-11(9-15)13(16(12)18)10-6-4-3-5-7-10/h3-8,18H,2H2,1H3. The molecule has 2 aromatic rings. The van der Waals surface area contributed by atoms with E-state index in [1.807, 2.05) is 12.1 Å². The van der Waals surface area contributed by atoms with E-state index in [2.05, 4.69) is 0 Å². The number of hydrogen-bond acceptors (Lipinski definition) is 4. The van der Waals surface area contributed by atoms with Gasteiger partial charge < -0.3 is 9.94 Å². The molecule has 0 saturated heterocycles. The topological polar surface area (TPSA) is 75.2 Å². The molecule has 5 heteroatoms. The molecule has 0 saturated carbocycles. The summed E-state index contributed by atoms with van der Waals surface area (Å²) in [4.78, 5) is 11.7. The maximum absolute atomic E-state index is 11.7. The van der Waals surface area contributed by atoms with Crippen molar-refractivity contribution in [2.75, 3.05) is 6.61 Å². The number of carbonyl (C=O) groups excluding carboxylic acids is 1. The molecule has 0 aliphatic heterocycles. The maximum Gasteiger partial charge on any atom is 0.358 e. The molecule has 1 heterocycles. The summed E-state index contributed by atoms with van der Waals surface area (Å²) >= 11 is 0. The normalized spacial score (nSPS) is 9.89. The Bertz CT molecular complexity index is 639. The smallest absolute Gasteiger partial charge is 0.358 e. The Kier molecular flexibility index (Phi) is 3.53. The van der Waals surface area contributed by atoms with Gasteiger partial charge in [-0.05, 0) is 13.0 Å². The molecular formula is C14H12N2O3. The molecular weight excluding hydrogens is 244 g/mol. The molecule has 96 valence electrons. The third kappa shape index (κ3) is 2.29. The van der Waals surface area contributed by atoms with Gasteiger partial charge in [0.2, 0.25) is 0 Å². The van der Waals surface area contributed by atoms with Crippen molar-refractivity contribution in [1.29, 1.82) is 5.26 Å². The van der Waals surface area contributed by atoms with Gasteiger partial charge in [-0.25, -0.2) is 4.79 Å². The SMILES string of the molecule is CCOC(=O)c1cc(C#N)c(-c2ccccc2)n1O. The third-order valence-corrected chi connectivity index (χ3v) is 2.63. The van der Waals surface area contributed by atoms with Crippen molar-refractivity contribution in [2.24, 2.45) is 0 Å². The first-order valence-electron chi connectivity index (χ1n) is 5.76. The summed E-state index contributed by atoms with van der Waals surface area (Å²) in [5.74, 6) is -0.663. The lowest BCUT2D eigenvalue weighted by atomic mass is 10.1. The fraction of sp³-hybridized carbons (Fsp3) is 0.143. The molecule has 19 heavy (non-hydrogen) atoms. The molecule has 1 aromatic heterocycles. The van der Waals surface area contributed by atoms with E-state index in [-0.39, 0.29) is 23.6 Å². The van der Waals surface area contributed by atoms with Crippen molar-refractivity contribution >= 4 is 5.97 Å². The fourth-order valence-corrected chi connectivity index (χ4v) is 1.81. The highest BCUT2D eigenvalue weighted by Crippen LogP contribution is 2.26. The second-order valence-corrected chi connectivity index (χ2v) is 3.80. The quantitative estimate of drug-likeness (QED) is 0.676. The second kappa shape index (κ2) is 5.27. The fourth-order valence-electron chi connectivity index (χ4n) is 1.81. The molecule has 0 aliphatic rings. The molecule has 0 bridgehead atoms. The highest BCUT2D eigenvalue weighted by Gasteiger charge is 2.21. The summed E-state index contributed by atoms with van der Waals surface area (Å²) < 4.78 is 5.53. The Hall–Kier alpha value is -2.74. The van der Waals surface area contributed by atoms with Crippen LogP contribution in [0.3, 0.4) is 0 Å². The van der Waals surface area contributed by atoms with Gasteiger partial charge in [0.05, 0.1) is 12.2 Å². The van der Waals surface area contributed by atoms with Crippen LogP contribution in [-0.4, -0.2) is 22.5 Å². The molecule has 0 atom stereocenters. The molecule has 1 N–H and O–H groups in total. The van der Waals surface area contributed by atoms with Gasteiger partial charge in [0, 0.05) is 5.56 Å². The van der Waals surface area contributed by atoms with Crippen LogP contribution >= 0.6 is 0 Å². The van der Waals surface area contributed by atoms with Gasteiger partial charge in [0.15, 0.2) is 5.69 Å². The minimum Gasteiger partial charge on any atom is -0.461 e. The van der Waals surface area contributed by atoms with E-state index in [9.17, 15) is 10.0 Å². The first-order valence-corrected chi connectivity index (χ1v) is 5.76. The van der Waals surface area contributed by atoms with Gasteiger partial charge in [-0.2, -0.15) is 9.99 Å². The van der Waals surface area contributed by atoms with E-state index in [0.717, 1.165) is 0 Å². The lowest BCUT2D eigenvalue weighted by Gasteiger charge is -2.05. The summed E-state index contributed by atoms with van der Waals surface area (Å²) in [7, 11) is 0. The van der Waals surface area contributed by atoms with Crippen molar-refractivity contribution in [3.05, 3.63) is 47.7 Å². The van der Waals surface area contributed by atoms with Crippen molar-refractivity contribution in [1.82, 2.24) is 4.73 Å². The molecule has 0 radical (unpaired) electrons. The zero-order chi connectivity index (χ0) is 13.8. The number of carbonyl (C=O) groups is 1. The van der Waals surface area contributed by atoms with Gasteiger partial charge in [-0.1, -0.05) is 30.3 Å². The predicted molar refractivity (Wildman–Crippen MR) is 67.7 cm³/mol. The number of aromatic nitrogens is 1. The first-order chi connectivity index (χ1) is 9.19.